The molecule has 0 bridgehead atoms. The summed E-state index contributed by atoms with van der Waals surface area (Å²) in [7, 11) is 0. The van der Waals surface area contributed by atoms with Crippen LogP contribution in [-0.2, 0) is 4.79 Å². The Bertz CT molecular complexity index is 506. The van der Waals surface area contributed by atoms with Crippen molar-refractivity contribution in [3.8, 4) is 0 Å². The van der Waals surface area contributed by atoms with Crippen LogP contribution < -0.4 is 0 Å². The summed E-state index contributed by atoms with van der Waals surface area (Å²) < 4.78 is 13.0. The average Bonchev–Trinajstić information content (AvgIpc) is 2.37. The molecule has 0 radical (unpaired) electrons. The van der Waals surface area contributed by atoms with Gasteiger partial charge in [0.05, 0.1) is 0 Å². The fourth-order valence-corrected chi connectivity index (χ4v) is 2.32. The molecule has 1 amide bonds. The summed E-state index contributed by atoms with van der Waals surface area (Å²) in [6.07, 6.45) is 2.38. The highest BCUT2D eigenvalue weighted by Gasteiger charge is 2.35. The highest BCUT2D eigenvalue weighted by atomic mass is 19.1. The Morgan fingerprint density at radius 2 is 2.26 bits per heavy atom. The van der Waals surface area contributed by atoms with E-state index in [0.29, 0.717) is 13.0 Å². The number of carboxylic acids is 1. The fraction of sp³-hybridized carbons (Fsp3) is 0.462. The van der Waals surface area contributed by atoms with Gasteiger partial charge in [0.2, 0.25) is 5.95 Å². The van der Waals surface area contributed by atoms with Crippen molar-refractivity contribution < 1.29 is 19.1 Å². The quantitative estimate of drug-likeness (QED) is 0.824. The van der Waals surface area contributed by atoms with E-state index in [-0.39, 0.29) is 11.5 Å². The van der Waals surface area contributed by atoms with Crippen LogP contribution in [0.5, 0.6) is 0 Å². The van der Waals surface area contributed by atoms with Crippen LogP contribution in [-0.4, -0.2) is 39.5 Å². The first kappa shape index (κ1) is 13.5. The predicted molar refractivity (Wildman–Crippen MR) is 65.1 cm³/mol. The predicted octanol–water partition coefficient (Wildman–Crippen LogP) is 1.55. The second-order valence-electron chi connectivity index (χ2n) is 4.85. The Labute approximate surface area is 110 Å². The van der Waals surface area contributed by atoms with Crippen molar-refractivity contribution in [2.75, 3.05) is 6.54 Å². The number of amides is 1. The zero-order valence-corrected chi connectivity index (χ0v) is 10.5. The Hall–Kier alpha value is -1.98. The van der Waals surface area contributed by atoms with E-state index in [2.05, 4.69) is 4.98 Å². The first-order valence-corrected chi connectivity index (χ1v) is 6.14. The second-order valence-corrected chi connectivity index (χ2v) is 4.85. The smallest absolute Gasteiger partial charge is 0.326 e. The summed E-state index contributed by atoms with van der Waals surface area (Å²) in [5, 5.41) is 9.20. The molecule has 1 fully saturated rings. The van der Waals surface area contributed by atoms with Gasteiger partial charge in [0.15, 0.2) is 0 Å². The van der Waals surface area contributed by atoms with Crippen molar-refractivity contribution in [3.05, 3.63) is 29.8 Å². The summed E-state index contributed by atoms with van der Waals surface area (Å²) in [5.41, 5.74) is 0.133. The van der Waals surface area contributed by atoms with Crippen LogP contribution in [0.3, 0.4) is 0 Å². The standard InChI is InChI=1S/C13H15FN2O3/c1-8-3-5-16(10(6-8)13(18)19)12(17)9-2-4-15-11(14)7-9/h2,4,7-8,10H,3,5-6H2,1H3,(H,18,19). The molecule has 19 heavy (non-hydrogen) atoms. The monoisotopic (exact) mass is 266 g/mol. The van der Waals surface area contributed by atoms with Gasteiger partial charge >= 0.3 is 5.97 Å². The van der Waals surface area contributed by atoms with Crippen LogP contribution in [0.4, 0.5) is 4.39 Å². The highest BCUT2D eigenvalue weighted by molar-refractivity contribution is 5.96. The van der Waals surface area contributed by atoms with Gasteiger partial charge in [0, 0.05) is 24.4 Å². The molecule has 5 nitrogen and oxygen atoms in total. The lowest BCUT2D eigenvalue weighted by molar-refractivity contribution is -0.144. The molecular formula is C13H15FN2O3. The van der Waals surface area contributed by atoms with E-state index in [4.69, 9.17) is 0 Å². The summed E-state index contributed by atoms with van der Waals surface area (Å²) in [6, 6.07) is 1.58. The van der Waals surface area contributed by atoms with E-state index in [1.165, 1.54) is 17.2 Å². The Balaban J connectivity index is 2.24. The van der Waals surface area contributed by atoms with Crippen LogP contribution in [0.15, 0.2) is 18.3 Å². The van der Waals surface area contributed by atoms with Crippen LogP contribution in [0.2, 0.25) is 0 Å². The minimum atomic E-state index is -1.02. The molecule has 6 heteroatoms. The van der Waals surface area contributed by atoms with Gasteiger partial charge in [-0.05, 0) is 24.8 Å². The van der Waals surface area contributed by atoms with Crippen molar-refractivity contribution in [1.82, 2.24) is 9.88 Å². The molecule has 0 aromatic carbocycles. The van der Waals surface area contributed by atoms with Crippen LogP contribution in [0.25, 0.3) is 0 Å². The van der Waals surface area contributed by atoms with E-state index in [1.807, 2.05) is 6.92 Å². The van der Waals surface area contributed by atoms with Gasteiger partial charge in [0.1, 0.15) is 6.04 Å². The maximum Gasteiger partial charge on any atom is 0.326 e. The van der Waals surface area contributed by atoms with Gasteiger partial charge in [-0.15, -0.1) is 0 Å². The number of carbonyl (C=O) groups is 2. The van der Waals surface area contributed by atoms with Gasteiger partial charge in [-0.2, -0.15) is 4.39 Å². The molecule has 1 saturated heterocycles. The summed E-state index contributed by atoms with van der Waals surface area (Å²) in [4.78, 5) is 28.2. The first-order valence-electron chi connectivity index (χ1n) is 6.14. The number of likely N-dealkylation sites (tertiary alicyclic amines) is 1. The molecule has 102 valence electrons. The first-order chi connectivity index (χ1) is 8.99. The SMILES string of the molecule is CC1CCN(C(=O)c2ccnc(F)c2)C(C(=O)O)C1. The number of carbonyl (C=O) groups excluding carboxylic acids is 1. The van der Waals surface area contributed by atoms with E-state index < -0.39 is 23.9 Å². The number of piperidine rings is 1. The van der Waals surface area contributed by atoms with Gasteiger partial charge < -0.3 is 10.0 Å². The number of nitrogens with zero attached hydrogens (tertiary/aromatic N) is 2. The number of hydrogen-bond acceptors (Lipinski definition) is 3. The zero-order chi connectivity index (χ0) is 14.0. The lowest BCUT2D eigenvalue weighted by Crippen LogP contribution is -2.49. The summed E-state index contributed by atoms with van der Waals surface area (Å²) >= 11 is 0. The minimum Gasteiger partial charge on any atom is -0.480 e. The molecule has 2 rings (SSSR count). The van der Waals surface area contributed by atoms with E-state index in [1.54, 1.807) is 0 Å². The second kappa shape index (κ2) is 5.34. The third kappa shape index (κ3) is 2.89. The number of rotatable bonds is 2. The summed E-state index contributed by atoms with van der Waals surface area (Å²) in [6.45, 7) is 2.34. The third-order valence-electron chi connectivity index (χ3n) is 3.38. The molecule has 1 aromatic rings. The molecule has 0 aliphatic carbocycles. The number of carboxylic acid groups (broad SMARTS) is 1. The normalized spacial score (nSPS) is 23.2. The molecular weight excluding hydrogens is 251 g/mol. The van der Waals surface area contributed by atoms with E-state index in [9.17, 15) is 19.1 Å². The van der Waals surface area contributed by atoms with Gasteiger partial charge in [0.25, 0.3) is 5.91 Å². The number of hydrogen-bond donors (Lipinski definition) is 1. The molecule has 0 spiro atoms. The Morgan fingerprint density at radius 1 is 1.53 bits per heavy atom. The fourth-order valence-electron chi connectivity index (χ4n) is 2.32. The van der Waals surface area contributed by atoms with Crippen molar-refractivity contribution in [2.24, 2.45) is 5.92 Å². The van der Waals surface area contributed by atoms with Gasteiger partial charge in [-0.3, -0.25) is 4.79 Å². The molecule has 2 unspecified atom stereocenters. The largest absolute Gasteiger partial charge is 0.480 e. The maximum atomic E-state index is 13.0. The zero-order valence-electron chi connectivity index (χ0n) is 10.5. The van der Waals surface area contributed by atoms with Gasteiger partial charge in [-0.1, -0.05) is 6.92 Å². The third-order valence-corrected chi connectivity index (χ3v) is 3.38. The van der Waals surface area contributed by atoms with Crippen molar-refractivity contribution >= 4 is 11.9 Å². The molecule has 1 N–H and O–H groups in total. The molecule has 0 saturated carbocycles. The molecule has 1 aliphatic rings. The maximum absolute atomic E-state index is 13.0. The Morgan fingerprint density at radius 3 is 2.89 bits per heavy atom. The molecule has 1 aliphatic heterocycles. The summed E-state index contributed by atoms with van der Waals surface area (Å²) in [5.74, 6) is -1.96. The number of aromatic nitrogens is 1. The number of halogens is 1. The van der Waals surface area contributed by atoms with Crippen molar-refractivity contribution in [1.29, 1.82) is 0 Å². The van der Waals surface area contributed by atoms with Crippen LogP contribution in [0.1, 0.15) is 30.1 Å². The topological polar surface area (TPSA) is 70.5 Å². The number of aliphatic carboxylic acids is 1. The number of pyridine rings is 1. The molecule has 2 atom stereocenters. The van der Waals surface area contributed by atoms with Crippen molar-refractivity contribution in [2.45, 2.75) is 25.8 Å². The van der Waals surface area contributed by atoms with Crippen LogP contribution >= 0.6 is 0 Å². The average molecular weight is 266 g/mol. The van der Waals surface area contributed by atoms with Crippen LogP contribution in [0, 0.1) is 11.9 Å². The minimum absolute atomic E-state index is 0.133. The van der Waals surface area contributed by atoms with E-state index in [0.717, 1.165) is 12.5 Å². The van der Waals surface area contributed by atoms with Crippen molar-refractivity contribution in [3.63, 3.8) is 0 Å². The lowest BCUT2D eigenvalue weighted by Gasteiger charge is -2.36. The highest BCUT2D eigenvalue weighted by Crippen LogP contribution is 2.24. The molecule has 1 aromatic heterocycles. The van der Waals surface area contributed by atoms with E-state index >= 15 is 0 Å². The Kier molecular flexibility index (Phi) is 3.78. The van der Waals surface area contributed by atoms with Gasteiger partial charge in [-0.25, -0.2) is 9.78 Å². The molecule has 2 heterocycles. The lowest BCUT2D eigenvalue weighted by atomic mass is 9.92.